The van der Waals surface area contributed by atoms with Gasteiger partial charge in [0.05, 0.1) is 6.26 Å². The predicted molar refractivity (Wildman–Crippen MR) is 125 cm³/mol. The molecule has 0 saturated carbocycles. The fraction of sp³-hybridized carbons (Fsp3) is 0.179. The quantitative estimate of drug-likeness (QED) is 0.411. The number of Topliss-reactive ketones (excluding diaryl/α,β-unsaturated/α-hetero) is 1. The molecule has 2 aliphatic heterocycles. The number of furan rings is 1. The fourth-order valence-corrected chi connectivity index (χ4v) is 5.56. The lowest BCUT2D eigenvalue weighted by Gasteiger charge is -2.37. The maximum Gasteiger partial charge on any atom is 0.231 e. The summed E-state index contributed by atoms with van der Waals surface area (Å²) in [5, 5.41) is 5.93. The molecule has 0 bridgehead atoms. The minimum atomic E-state index is -0.179. The third-order valence-corrected chi connectivity index (χ3v) is 7.02. The highest BCUT2D eigenvalue weighted by Gasteiger charge is 2.40. The van der Waals surface area contributed by atoms with Crippen LogP contribution in [0.5, 0.6) is 11.5 Å². The van der Waals surface area contributed by atoms with Crippen molar-refractivity contribution in [3.05, 3.63) is 101 Å². The number of allylic oxidation sites excluding steroid dienone is 2. The maximum absolute atomic E-state index is 13.7. The van der Waals surface area contributed by atoms with Crippen molar-refractivity contribution in [3.63, 3.8) is 0 Å². The first-order chi connectivity index (χ1) is 16.3. The molecule has 0 amide bonds. The number of carbonyl (C=O) groups is 1. The molecule has 0 spiro atoms. The van der Waals surface area contributed by atoms with Gasteiger partial charge in [0, 0.05) is 35.2 Å². The summed E-state index contributed by atoms with van der Waals surface area (Å²) in [5.74, 6) is 2.35. The first kappa shape index (κ1) is 18.6. The second-order valence-electron chi connectivity index (χ2n) is 8.85. The normalized spacial score (nSPS) is 21.0. The number of ether oxygens (including phenoxy) is 2. The summed E-state index contributed by atoms with van der Waals surface area (Å²) in [6, 6.07) is 22.5. The van der Waals surface area contributed by atoms with Gasteiger partial charge in [0.1, 0.15) is 5.76 Å². The van der Waals surface area contributed by atoms with Gasteiger partial charge in [-0.3, -0.25) is 4.79 Å². The van der Waals surface area contributed by atoms with Crippen molar-refractivity contribution in [2.75, 3.05) is 12.1 Å². The van der Waals surface area contributed by atoms with Crippen LogP contribution in [0.4, 0.5) is 5.69 Å². The van der Waals surface area contributed by atoms with E-state index in [-0.39, 0.29) is 24.4 Å². The van der Waals surface area contributed by atoms with Crippen molar-refractivity contribution in [1.29, 1.82) is 0 Å². The Bertz CT molecular complexity index is 1450. The summed E-state index contributed by atoms with van der Waals surface area (Å²) in [6.07, 6.45) is 2.85. The molecular weight excluding hydrogens is 414 g/mol. The minimum absolute atomic E-state index is 0.0400. The van der Waals surface area contributed by atoms with Crippen molar-refractivity contribution in [2.24, 2.45) is 0 Å². The molecule has 5 heteroatoms. The number of fused-ring (bicyclic) bond motifs is 4. The Balaban J connectivity index is 1.45. The van der Waals surface area contributed by atoms with Gasteiger partial charge in [-0.1, -0.05) is 36.4 Å². The maximum atomic E-state index is 13.7. The number of anilines is 1. The zero-order valence-corrected chi connectivity index (χ0v) is 17.8. The molecule has 33 heavy (non-hydrogen) atoms. The molecule has 1 aromatic heterocycles. The number of hydrogen-bond donors (Lipinski definition) is 1. The van der Waals surface area contributed by atoms with Gasteiger partial charge in [0.2, 0.25) is 6.79 Å². The lowest BCUT2D eigenvalue weighted by atomic mass is 9.71. The van der Waals surface area contributed by atoms with Crippen molar-refractivity contribution in [1.82, 2.24) is 0 Å². The number of nitrogens with one attached hydrogen (secondary N) is 1. The van der Waals surface area contributed by atoms with Crippen LogP contribution < -0.4 is 14.8 Å². The van der Waals surface area contributed by atoms with E-state index in [1.807, 2.05) is 30.3 Å². The molecule has 0 unspecified atom stereocenters. The Morgan fingerprint density at radius 1 is 0.879 bits per heavy atom. The van der Waals surface area contributed by atoms with E-state index in [0.29, 0.717) is 6.42 Å². The highest BCUT2D eigenvalue weighted by atomic mass is 16.7. The van der Waals surface area contributed by atoms with Crippen LogP contribution >= 0.6 is 0 Å². The van der Waals surface area contributed by atoms with E-state index in [4.69, 9.17) is 13.9 Å². The van der Waals surface area contributed by atoms with Gasteiger partial charge in [-0.15, -0.1) is 0 Å². The highest BCUT2D eigenvalue weighted by Crippen LogP contribution is 2.51. The Kier molecular flexibility index (Phi) is 3.94. The van der Waals surface area contributed by atoms with Crippen LogP contribution in [-0.4, -0.2) is 12.6 Å². The van der Waals surface area contributed by atoms with Crippen molar-refractivity contribution >= 4 is 22.2 Å². The molecule has 3 heterocycles. The largest absolute Gasteiger partial charge is 0.469 e. The number of hydrogen-bond acceptors (Lipinski definition) is 5. The molecule has 4 aromatic rings. The number of carbonyl (C=O) groups excluding carboxylic acids is 1. The summed E-state index contributed by atoms with van der Waals surface area (Å²) in [4.78, 5) is 13.7. The van der Waals surface area contributed by atoms with Crippen LogP contribution in [0.25, 0.3) is 10.8 Å². The van der Waals surface area contributed by atoms with Gasteiger partial charge < -0.3 is 19.2 Å². The Labute approximate surface area is 190 Å². The van der Waals surface area contributed by atoms with Crippen LogP contribution in [-0.2, 0) is 4.79 Å². The van der Waals surface area contributed by atoms with E-state index in [1.54, 1.807) is 6.26 Å². The zero-order chi connectivity index (χ0) is 21.9. The van der Waals surface area contributed by atoms with Gasteiger partial charge in [-0.2, -0.15) is 0 Å². The van der Waals surface area contributed by atoms with Crippen molar-refractivity contribution in [2.45, 2.75) is 24.7 Å². The van der Waals surface area contributed by atoms with E-state index in [9.17, 15) is 4.79 Å². The molecule has 3 aliphatic rings. The van der Waals surface area contributed by atoms with Gasteiger partial charge in [-0.05, 0) is 58.7 Å². The first-order valence-corrected chi connectivity index (χ1v) is 11.2. The van der Waals surface area contributed by atoms with Crippen LogP contribution in [0.3, 0.4) is 0 Å². The Morgan fingerprint density at radius 3 is 2.70 bits per heavy atom. The Hall–Kier alpha value is -3.99. The Morgan fingerprint density at radius 2 is 1.79 bits per heavy atom. The van der Waals surface area contributed by atoms with Crippen LogP contribution in [0.1, 0.15) is 41.6 Å². The second kappa shape index (κ2) is 7.01. The second-order valence-corrected chi connectivity index (χ2v) is 8.85. The molecule has 162 valence electrons. The van der Waals surface area contributed by atoms with Gasteiger partial charge in [0.25, 0.3) is 0 Å². The SMILES string of the molecule is O=C1C[C@@H](c2ccco2)CC2=C1[C@H](c1ccc3c(c1)OCO3)c1c(ccc3ccccc13)N2. The van der Waals surface area contributed by atoms with E-state index in [2.05, 4.69) is 41.7 Å². The number of ketones is 1. The van der Waals surface area contributed by atoms with Crippen molar-refractivity contribution in [3.8, 4) is 11.5 Å². The smallest absolute Gasteiger partial charge is 0.231 e. The summed E-state index contributed by atoms with van der Waals surface area (Å²) in [7, 11) is 0. The summed E-state index contributed by atoms with van der Waals surface area (Å²) in [5.41, 5.74) is 5.05. The van der Waals surface area contributed by atoms with Crippen molar-refractivity contribution < 1.29 is 18.7 Å². The molecule has 7 rings (SSSR count). The summed E-state index contributed by atoms with van der Waals surface area (Å²) < 4.78 is 16.9. The average Bonchev–Trinajstić information content (AvgIpc) is 3.54. The molecule has 1 aliphatic carbocycles. The van der Waals surface area contributed by atoms with Gasteiger partial charge in [0.15, 0.2) is 17.3 Å². The summed E-state index contributed by atoms with van der Waals surface area (Å²) >= 11 is 0. The van der Waals surface area contributed by atoms with E-state index in [1.165, 1.54) is 0 Å². The number of rotatable bonds is 2. The predicted octanol–water partition coefficient (Wildman–Crippen LogP) is 6.12. The highest BCUT2D eigenvalue weighted by molar-refractivity contribution is 6.04. The third kappa shape index (κ3) is 2.82. The van der Waals surface area contributed by atoms with Crippen LogP contribution in [0, 0.1) is 0 Å². The topological polar surface area (TPSA) is 60.7 Å². The molecule has 3 aromatic carbocycles. The molecule has 0 radical (unpaired) electrons. The standard InChI is InChI=1S/C28H21NO4/c30-22-13-18(23-6-3-11-31-23)12-21-28(22)26(17-8-10-24-25(14-17)33-15-32-24)27-19-5-2-1-4-16(19)7-9-20(27)29-21/h1-11,14,18,26,29H,12-13,15H2/t18-,26+/m0/s1. The number of benzene rings is 3. The first-order valence-electron chi connectivity index (χ1n) is 11.2. The van der Waals surface area contributed by atoms with Crippen LogP contribution in [0.15, 0.2) is 88.7 Å². The average molecular weight is 435 g/mol. The van der Waals surface area contributed by atoms with E-state index >= 15 is 0 Å². The molecular formula is C28H21NO4. The zero-order valence-electron chi connectivity index (χ0n) is 17.8. The molecule has 0 saturated heterocycles. The molecule has 0 fully saturated rings. The molecule has 5 nitrogen and oxygen atoms in total. The van der Waals surface area contributed by atoms with Gasteiger partial charge >= 0.3 is 0 Å². The molecule has 2 atom stereocenters. The lowest BCUT2D eigenvalue weighted by molar-refractivity contribution is -0.116. The lowest BCUT2D eigenvalue weighted by Crippen LogP contribution is -2.29. The summed E-state index contributed by atoms with van der Waals surface area (Å²) in [6.45, 7) is 0.224. The minimum Gasteiger partial charge on any atom is -0.469 e. The third-order valence-electron chi connectivity index (χ3n) is 7.02. The fourth-order valence-electron chi connectivity index (χ4n) is 5.56. The van der Waals surface area contributed by atoms with E-state index in [0.717, 1.165) is 62.5 Å². The molecule has 1 N–H and O–H groups in total. The van der Waals surface area contributed by atoms with Gasteiger partial charge in [-0.25, -0.2) is 0 Å². The van der Waals surface area contributed by atoms with E-state index < -0.39 is 0 Å². The van der Waals surface area contributed by atoms with Crippen LogP contribution in [0.2, 0.25) is 0 Å². The monoisotopic (exact) mass is 435 g/mol.